The molecule has 1 aliphatic rings. The third-order valence-corrected chi connectivity index (χ3v) is 4.59. The van der Waals surface area contributed by atoms with E-state index in [0.717, 1.165) is 0 Å². The number of nitrogens with two attached hydrogens (primary N) is 1. The lowest BCUT2D eigenvalue weighted by Gasteiger charge is -2.28. The van der Waals surface area contributed by atoms with Gasteiger partial charge >= 0.3 is 0 Å². The first-order chi connectivity index (χ1) is 9.65. The molecule has 2 aromatic rings. The van der Waals surface area contributed by atoms with Crippen LogP contribution in [0, 0.1) is 6.92 Å². The molecule has 0 aliphatic carbocycles. The Balaban J connectivity index is 1.89. The van der Waals surface area contributed by atoms with Gasteiger partial charge in [0.15, 0.2) is 0 Å². The van der Waals surface area contributed by atoms with Crippen LogP contribution in [0.5, 0.6) is 0 Å². The van der Waals surface area contributed by atoms with Crippen molar-refractivity contribution < 1.29 is 4.84 Å². The summed E-state index contributed by atoms with van der Waals surface area (Å²) in [6.45, 7) is 4.25. The number of nitrogens with zero attached hydrogens (tertiary/aromatic N) is 1. The van der Waals surface area contributed by atoms with Crippen LogP contribution in [-0.2, 0) is 4.84 Å². The monoisotopic (exact) mass is 286 g/mol. The number of benzene rings is 1. The molecule has 1 aliphatic heterocycles. The van der Waals surface area contributed by atoms with Gasteiger partial charge in [-0.25, -0.2) is 0 Å². The summed E-state index contributed by atoms with van der Waals surface area (Å²) in [5, 5.41) is 1.97. The normalized spacial score (nSPS) is 20.5. The molecule has 0 spiro atoms. The van der Waals surface area contributed by atoms with Crippen molar-refractivity contribution in [1.82, 2.24) is 5.06 Å². The molecule has 0 radical (unpaired) electrons. The first-order valence-electron chi connectivity index (χ1n) is 6.70. The molecule has 0 bridgehead atoms. The Bertz CT molecular complexity index is 620. The Kier molecular flexibility index (Phi) is 3.51. The average molecular weight is 286 g/mol. The molecule has 2 unspecified atom stereocenters. The quantitative estimate of drug-likeness (QED) is 0.930. The molecule has 3 nitrogen and oxygen atoms in total. The molecule has 0 saturated carbocycles. The van der Waals surface area contributed by atoms with E-state index in [2.05, 4.69) is 38.1 Å². The van der Waals surface area contributed by atoms with Crippen LogP contribution in [0.2, 0.25) is 0 Å². The molecule has 4 heteroatoms. The van der Waals surface area contributed by atoms with Crippen molar-refractivity contribution in [2.24, 2.45) is 5.73 Å². The fourth-order valence-corrected chi connectivity index (χ4v) is 3.39. The molecule has 3 rings (SSSR count). The highest BCUT2D eigenvalue weighted by molar-refractivity contribution is 7.12. The van der Waals surface area contributed by atoms with E-state index in [1.807, 2.05) is 29.3 Å². The van der Waals surface area contributed by atoms with Crippen LogP contribution in [0.1, 0.15) is 34.3 Å². The van der Waals surface area contributed by atoms with E-state index in [0.29, 0.717) is 5.88 Å². The van der Waals surface area contributed by atoms with Gasteiger partial charge in [-0.15, -0.1) is 16.4 Å². The minimum atomic E-state index is 0.0870. The van der Waals surface area contributed by atoms with Crippen molar-refractivity contribution in [3.63, 3.8) is 0 Å². The van der Waals surface area contributed by atoms with Gasteiger partial charge in [-0.1, -0.05) is 30.3 Å². The molecule has 2 heterocycles. The third-order valence-electron chi connectivity index (χ3n) is 3.52. The van der Waals surface area contributed by atoms with Crippen LogP contribution in [0.25, 0.3) is 0 Å². The molecule has 2 atom stereocenters. The van der Waals surface area contributed by atoms with E-state index in [-0.39, 0.29) is 12.1 Å². The van der Waals surface area contributed by atoms with Crippen LogP contribution in [0.3, 0.4) is 0 Å². The van der Waals surface area contributed by atoms with E-state index in [4.69, 9.17) is 10.6 Å². The van der Waals surface area contributed by atoms with Crippen molar-refractivity contribution in [3.05, 3.63) is 69.7 Å². The number of hydroxylamine groups is 2. The molecule has 1 aromatic heterocycles. The lowest BCUT2D eigenvalue weighted by molar-refractivity contribution is -0.149. The van der Waals surface area contributed by atoms with Gasteiger partial charge in [0.1, 0.15) is 6.04 Å². The van der Waals surface area contributed by atoms with Gasteiger partial charge in [0.25, 0.3) is 0 Å². The third kappa shape index (κ3) is 2.44. The topological polar surface area (TPSA) is 38.5 Å². The zero-order valence-corrected chi connectivity index (χ0v) is 12.4. The Morgan fingerprint density at radius 1 is 1.20 bits per heavy atom. The summed E-state index contributed by atoms with van der Waals surface area (Å²) in [5.74, 6) is 0.476. The molecule has 0 amide bonds. The fourth-order valence-electron chi connectivity index (χ4n) is 2.46. The number of rotatable bonds is 3. The first kappa shape index (κ1) is 13.2. The highest BCUT2D eigenvalue weighted by atomic mass is 32.1. The maximum absolute atomic E-state index is 5.88. The Morgan fingerprint density at radius 2 is 1.95 bits per heavy atom. The molecule has 0 saturated heterocycles. The standard InChI is InChI=1S/C16H18N2OS/c1-11-8-9-15(20-11)14-10-16(17)19-18(14)12(2)13-6-4-3-5-7-13/h3-10,12,14H,17H2,1-2H3. The summed E-state index contributed by atoms with van der Waals surface area (Å²) in [4.78, 5) is 8.29. The Hall–Kier alpha value is -1.78. The molecule has 0 fully saturated rings. The van der Waals surface area contributed by atoms with Crippen LogP contribution in [0.15, 0.2) is 54.4 Å². The minimum Gasteiger partial charge on any atom is -0.387 e. The van der Waals surface area contributed by atoms with Gasteiger partial charge < -0.3 is 10.6 Å². The lowest BCUT2D eigenvalue weighted by Crippen LogP contribution is -2.26. The van der Waals surface area contributed by atoms with E-state index in [9.17, 15) is 0 Å². The second kappa shape index (κ2) is 5.31. The zero-order chi connectivity index (χ0) is 14.1. The van der Waals surface area contributed by atoms with Crippen LogP contribution >= 0.6 is 11.3 Å². The van der Waals surface area contributed by atoms with Crippen molar-refractivity contribution in [3.8, 4) is 0 Å². The van der Waals surface area contributed by atoms with Crippen molar-refractivity contribution >= 4 is 11.3 Å². The van der Waals surface area contributed by atoms with Gasteiger partial charge in [-0.2, -0.15) is 0 Å². The lowest BCUT2D eigenvalue weighted by atomic mass is 10.1. The van der Waals surface area contributed by atoms with E-state index in [1.54, 1.807) is 11.3 Å². The van der Waals surface area contributed by atoms with Gasteiger partial charge in [0, 0.05) is 15.8 Å². The van der Waals surface area contributed by atoms with Crippen molar-refractivity contribution in [2.75, 3.05) is 0 Å². The molecular weight excluding hydrogens is 268 g/mol. The summed E-state index contributed by atoms with van der Waals surface area (Å²) in [5.41, 5.74) is 7.09. The number of thiophene rings is 1. The fraction of sp³-hybridized carbons (Fsp3) is 0.250. The number of hydrogen-bond donors (Lipinski definition) is 1. The smallest absolute Gasteiger partial charge is 0.207 e. The Labute approximate surface area is 123 Å². The number of hydrogen-bond acceptors (Lipinski definition) is 4. The number of aryl methyl sites for hydroxylation is 1. The second-order valence-corrected chi connectivity index (χ2v) is 6.32. The van der Waals surface area contributed by atoms with Crippen LogP contribution in [-0.4, -0.2) is 5.06 Å². The summed E-state index contributed by atoms with van der Waals surface area (Å²) in [6.07, 6.45) is 1.98. The minimum absolute atomic E-state index is 0.0870. The summed E-state index contributed by atoms with van der Waals surface area (Å²) in [7, 11) is 0. The van der Waals surface area contributed by atoms with Crippen molar-refractivity contribution in [2.45, 2.75) is 25.9 Å². The summed E-state index contributed by atoms with van der Waals surface area (Å²) >= 11 is 1.78. The van der Waals surface area contributed by atoms with Gasteiger partial charge in [0.2, 0.25) is 5.88 Å². The van der Waals surface area contributed by atoms with E-state index < -0.39 is 0 Å². The molecule has 104 valence electrons. The largest absolute Gasteiger partial charge is 0.387 e. The van der Waals surface area contributed by atoms with E-state index >= 15 is 0 Å². The van der Waals surface area contributed by atoms with Crippen LogP contribution in [0.4, 0.5) is 0 Å². The Morgan fingerprint density at radius 3 is 2.60 bits per heavy atom. The molecule has 1 aromatic carbocycles. The average Bonchev–Trinajstić information content (AvgIpc) is 3.05. The SMILES string of the molecule is Cc1ccc(C2C=C(N)ON2C(C)c2ccccc2)s1. The van der Waals surface area contributed by atoms with E-state index in [1.165, 1.54) is 15.3 Å². The second-order valence-electron chi connectivity index (χ2n) is 5.00. The maximum atomic E-state index is 5.88. The highest BCUT2D eigenvalue weighted by Crippen LogP contribution is 2.39. The highest BCUT2D eigenvalue weighted by Gasteiger charge is 2.32. The van der Waals surface area contributed by atoms with Gasteiger partial charge in [-0.05, 0) is 31.5 Å². The summed E-state index contributed by atoms with van der Waals surface area (Å²) in [6, 6.07) is 14.8. The molecule has 2 N–H and O–H groups in total. The zero-order valence-electron chi connectivity index (χ0n) is 11.6. The van der Waals surface area contributed by atoms with Gasteiger partial charge in [0.05, 0.1) is 6.04 Å². The summed E-state index contributed by atoms with van der Waals surface area (Å²) < 4.78 is 0. The molecule has 20 heavy (non-hydrogen) atoms. The van der Waals surface area contributed by atoms with Gasteiger partial charge in [-0.3, -0.25) is 0 Å². The maximum Gasteiger partial charge on any atom is 0.207 e. The van der Waals surface area contributed by atoms with Crippen molar-refractivity contribution in [1.29, 1.82) is 0 Å². The predicted octanol–water partition coefficient (Wildman–Crippen LogP) is 3.91. The van der Waals surface area contributed by atoms with Crippen LogP contribution < -0.4 is 5.73 Å². The molecular formula is C16H18N2OS. The predicted molar refractivity (Wildman–Crippen MR) is 81.8 cm³/mol. The first-order valence-corrected chi connectivity index (χ1v) is 7.51.